The van der Waals surface area contributed by atoms with Crippen molar-refractivity contribution in [3.63, 3.8) is 0 Å². The van der Waals surface area contributed by atoms with Crippen LogP contribution in [-0.4, -0.2) is 4.32 Å². The minimum atomic E-state index is -0.694. The van der Waals surface area contributed by atoms with Gasteiger partial charge in [0.1, 0.15) is 0 Å². The van der Waals surface area contributed by atoms with Gasteiger partial charge in [0.2, 0.25) is 0 Å². The number of hydrogen-bond donors (Lipinski definition) is 0. The first-order valence-corrected chi connectivity index (χ1v) is 5.11. The average Bonchev–Trinajstić information content (AvgIpc) is 2.47. The zero-order valence-electron chi connectivity index (χ0n) is 7.44. The Labute approximate surface area is 91.6 Å². The molecule has 0 aromatic rings. The van der Waals surface area contributed by atoms with Crippen LogP contribution < -0.4 is 0 Å². The third-order valence-corrected chi connectivity index (χ3v) is 3.37. The molecule has 0 heterocycles. The van der Waals surface area contributed by atoms with E-state index in [2.05, 4.69) is 22.0 Å². The molecule has 0 saturated heterocycles. The second-order valence-electron chi connectivity index (χ2n) is 3.12. The number of hydrogen-bond acceptors (Lipinski definition) is 1. The zero-order chi connectivity index (χ0) is 10.0. The first-order chi connectivity index (χ1) is 6.77. The number of halogens is 1. The van der Waals surface area contributed by atoms with Gasteiger partial charge in [0, 0.05) is 0 Å². The van der Waals surface area contributed by atoms with Crippen LogP contribution in [0.15, 0.2) is 59.8 Å². The summed E-state index contributed by atoms with van der Waals surface area (Å²) in [6.45, 7) is 0. The van der Waals surface area contributed by atoms with Crippen molar-refractivity contribution >= 4 is 15.9 Å². The highest BCUT2D eigenvalue weighted by Gasteiger charge is 2.34. The lowest BCUT2D eigenvalue weighted by Crippen LogP contribution is -2.21. The molecule has 0 unspecified atom stereocenters. The van der Waals surface area contributed by atoms with Gasteiger partial charge in [-0.25, -0.2) is 0 Å². The predicted molar refractivity (Wildman–Crippen MR) is 60.9 cm³/mol. The van der Waals surface area contributed by atoms with Crippen LogP contribution in [0.2, 0.25) is 0 Å². The van der Waals surface area contributed by atoms with Gasteiger partial charge in [-0.15, -0.1) is 0 Å². The van der Waals surface area contributed by atoms with E-state index in [1.165, 1.54) is 0 Å². The molecule has 0 aromatic heterocycles. The second-order valence-corrected chi connectivity index (χ2v) is 4.31. The predicted octanol–water partition coefficient (Wildman–Crippen LogP) is 3.19. The molecule has 0 saturated carbocycles. The summed E-state index contributed by atoms with van der Waals surface area (Å²) in [6, 6.07) is 2.30. The Morgan fingerprint density at radius 1 is 1.00 bits per heavy atom. The van der Waals surface area contributed by atoms with Crippen molar-refractivity contribution in [1.82, 2.24) is 0 Å². The van der Waals surface area contributed by atoms with Gasteiger partial charge in [0.25, 0.3) is 0 Å². The van der Waals surface area contributed by atoms with Gasteiger partial charge < -0.3 is 0 Å². The fourth-order valence-electron chi connectivity index (χ4n) is 1.50. The molecule has 2 aliphatic rings. The molecule has 0 spiro atoms. The number of nitriles is 1. The van der Waals surface area contributed by atoms with Gasteiger partial charge in [-0.05, 0) is 11.1 Å². The second kappa shape index (κ2) is 3.43. The van der Waals surface area contributed by atoms with E-state index in [9.17, 15) is 5.26 Å². The maximum Gasteiger partial charge on any atom is 0.162 e. The largest absolute Gasteiger partial charge is 0.196 e. The lowest BCUT2D eigenvalue weighted by molar-refractivity contribution is 1.06. The lowest BCUT2D eigenvalue weighted by atomic mass is 9.93. The molecule has 0 N–H and O–H groups in total. The highest BCUT2D eigenvalue weighted by molar-refractivity contribution is 9.10. The molecule has 1 nitrogen and oxygen atoms in total. The molecular formula is C12H8BrN. The topological polar surface area (TPSA) is 23.8 Å². The van der Waals surface area contributed by atoms with Crippen LogP contribution in [0.4, 0.5) is 0 Å². The van der Waals surface area contributed by atoms with E-state index in [0.717, 1.165) is 11.1 Å². The molecule has 14 heavy (non-hydrogen) atoms. The van der Waals surface area contributed by atoms with Crippen molar-refractivity contribution in [2.45, 2.75) is 4.32 Å². The molecule has 2 aliphatic carbocycles. The van der Waals surface area contributed by atoms with E-state index < -0.39 is 4.32 Å². The Morgan fingerprint density at radius 2 is 1.50 bits per heavy atom. The van der Waals surface area contributed by atoms with Gasteiger partial charge in [0.15, 0.2) is 4.32 Å². The van der Waals surface area contributed by atoms with Gasteiger partial charge in [-0.3, -0.25) is 0 Å². The van der Waals surface area contributed by atoms with Gasteiger partial charge in [-0.2, -0.15) is 5.26 Å². The summed E-state index contributed by atoms with van der Waals surface area (Å²) in [5, 5.41) is 9.23. The van der Waals surface area contributed by atoms with Gasteiger partial charge in [-0.1, -0.05) is 64.5 Å². The van der Waals surface area contributed by atoms with Crippen molar-refractivity contribution in [3.8, 4) is 6.07 Å². The summed E-state index contributed by atoms with van der Waals surface area (Å²) >= 11 is 3.50. The van der Waals surface area contributed by atoms with E-state index in [1.54, 1.807) is 0 Å². The van der Waals surface area contributed by atoms with Gasteiger partial charge in [0.05, 0.1) is 6.07 Å². The quantitative estimate of drug-likeness (QED) is 0.602. The highest BCUT2D eigenvalue weighted by atomic mass is 79.9. The number of alkyl halides is 1. The third-order valence-electron chi connectivity index (χ3n) is 2.27. The SMILES string of the molecule is N#CC1(Br)C2=CC=CC=C1C=CC=C2. The number of rotatable bonds is 0. The molecule has 0 radical (unpaired) electrons. The minimum Gasteiger partial charge on any atom is -0.196 e. The molecule has 68 valence electrons. The van der Waals surface area contributed by atoms with Crippen molar-refractivity contribution < 1.29 is 0 Å². The molecular weight excluding hydrogens is 238 g/mol. The Hall–Kier alpha value is -1.33. The zero-order valence-corrected chi connectivity index (χ0v) is 9.03. The minimum absolute atomic E-state index is 0.694. The van der Waals surface area contributed by atoms with Crippen molar-refractivity contribution in [2.75, 3.05) is 0 Å². The Kier molecular flexibility index (Phi) is 2.26. The summed E-state index contributed by atoms with van der Waals surface area (Å²) in [5.41, 5.74) is 1.93. The average molecular weight is 246 g/mol. The molecule has 0 aliphatic heterocycles. The Bertz CT molecular complexity index is 409. The molecule has 0 atom stereocenters. The Morgan fingerprint density at radius 3 is 1.93 bits per heavy atom. The van der Waals surface area contributed by atoms with E-state index in [-0.39, 0.29) is 0 Å². The van der Waals surface area contributed by atoms with Crippen LogP contribution in [0.3, 0.4) is 0 Å². The summed E-state index contributed by atoms with van der Waals surface area (Å²) < 4.78 is -0.694. The third kappa shape index (κ3) is 1.30. The van der Waals surface area contributed by atoms with Crippen molar-refractivity contribution in [3.05, 3.63) is 59.8 Å². The fourth-order valence-corrected chi connectivity index (χ4v) is 2.03. The molecule has 0 fully saturated rings. The summed E-state index contributed by atoms with van der Waals surface area (Å²) in [4.78, 5) is 0. The number of nitrogens with zero attached hydrogens (tertiary/aromatic N) is 1. The van der Waals surface area contributed by atoms with Gasteiger partial charge >= 0.3 is 0 Å². The lowest BCUT2D eigenvalue weighted by Gasteiger charge is -2.20. The number of allylic oxidation sites excluding steroid dienone is 10. The Balaban J connectivity index is 2.69. The fraction of sp³-hybridized carbons (Fsp3) is 0.0833. The highest BCUT2D eigenvalue weighted by Crippen LogP contribution is 2.38. The van der Waals surface area contributed by atoms with Crippen molar-refractivity contribution in [1.29, 1.82) is 5.26 Å². The van der Waals surface area contributed by atoms with Crippen LogP contribution in [0.1, 0.15) is 0 Å². The maximum atomic E-state index is 9.23. The van der Waals surface area contributed by atoms with E-state index in [0.29, 0.717) is 0 Å². The van der Waals surface area contributed by atoms with E-state index >= 15 is 0 Å². The van der Waals surface area contributed by atoms with Crippen LogP contribution >= 0.6 is 15.9 Å². The van der Waals surface area contributed by atoms with Crippen molar-refractivity contribution in [2.24, 2.45) is 0 Å². The smallest absolute Gasteiger partial charge is 0.162 e. The molecule has 2 heteroatoms. The molecule has 0 amide bonds. The van der Waals surface area contributed by atoms with E-state index in [4.69, 9.17) is 0 Å². The van der Waals surface area contributed by atoms with Crippen LogP contribution in [-0.2, 0) is 0 Å². The maximum absolute atomic E-state index is 9.23. The summed E-state index contributed by atoms with van der Waals surface area (Å²) in [6.07, 6.45) is 15.6. The molecule has 2 rings (SSSR count). The number of fused-ring (bicyclic) bond motifs is 2. The summed E-state index contributed by atoms with van der Waals surface area (Å²) in [5.74, 6) is 0. The first kappa shape index (κ1) is 9.23. The monoisotopic (exact) mass is 245 g/mol. The van der Waals surface area contributed by atoms with E-state index in [1.807, 2.05) is 48.6 Å². The molecule has 2 bridgehead atoms. The summed E-state index contributed by atoms with van der Waals surface area (Å²) in [7, 11) is 0. The first-order valence-electron chi connectivity index (χ1n) is 4.32. The molecule has 0 aromatic carbocycles. The van der Waals surface area contributed by atoms with Crippen LogP contribution in [0, 0.1) is 11.3 Å². The standard InChI is InChI=1S/C12H8BrN/c13-12(9-14)10-5-1-2-6-11(12)8-4-3-7-10/h1-8H. The van der Waals surface area contributed by atoms with Crippen LogP contribution in [0.25, 0.3) is 0 Å². The van der Waals surface area contributed by atoms with Crippen LogP contribution in [0.5, 0.6) is 0 Å². The normalized spacial score (nSPS) is 21.7.